The van der Waals surface area contributed by atoms with Crippen LogP contribution in [0, 0.1) is 0 Å². The summed E-state index contributed by atoms with van der Waals surface area (Å²) in [7, 11) is 4.96. The molecule has 0 radical (unpaired) electrons. The van der Waals surface area contributed by atoms with Gasteiger partial charge in [0.2, 0.25) is 0 Å². The lowest BCUT2D eigenvalue weighted by Crippen LogP contribution is -2.38. The van der Waals surface area contributed by atoms with Crippen LogP contribution in [0.2, 0.25) is 0 Å². The Balaban J connectivity index is 0.00000480. The van der Waals surface area contributed by atoms with E-state index >= 15 is 0 Å². The van der Waals surface area contributed by atoms with Crippen molar-refractivity contribution in [1.29, 1.82) is 0 Å². The molecule has 0 atom stereocenters. The largest absolute Gasteiger partial charge is 0.497 e. The number of nitrogens with zero attached hydrogens (tertiary/aromatic N) is 1. The lowest BCUT2D eigenvalue weighted by molar-refractivity contribution is 0.145. The summed E-state index contributed by atoms with van der Waals surface area (Å²) >= 11 is 0. The van der Waals surface area contributed by atoms with E-state index in [1.54, 1.807) is 21.3 Å². The molecule has 0 fully saturated rings. The molecule has 0 aliphatic heterocycles. The Bertz CT molecular complexity index is 785. The van der Waals surface area contributed by atoms with Gasteiger partial charge in [0.1, 0.15) is 17.2 Å². The van der Waals surface area contributed by atoms with Gasteiger partial charge in [0.05, 0.1) is 27.9 Å². The van der Waals surface area contributed by atoms with E-state index in [-0.39, 0.29) is 24.0 Å². The number of halogens is 1. The first kappa shape index (κ1) is 26.8. The fraction of sp³-hybridized carbons (Fsp3) is 0.435. The second-order valence-electron chi connectivity index (χ2n) is 6.52. The van der Waals surface area contributed by atoms with Crippen molar-refractivity contribution in [3.63, 3.8) is 0 Å². The summed E-state index contributed by atoms with van der Waals surface area (Å²) in [5, 5.41) is 6.75. The molecule has 0 amide bonds. The van der Waals surface area contributed by atoms with E-state index in [0.717, 1.165) is 60.5 Å². The van der Waals surface area contributed by atoms with Crippen molar-refractivity contribution in [3.8, 4) is 17.2 Å². The first-order valence-corrected chi connectivity index (χ1v) is 10.1. The number of rotatable bonds is 12. The molecule has 8 heteroatoms. The van der Waals surface area contributed by atoms with Gasteiger partial charge in [-0.1, -0.05) is 12.1 Å². The van der Waals surface area contributed by atoms with Gasteiger partial charge in [0, 0.05) is 37.9 Å². The molecule has 2 aromatic rings. The number of aliphatic imine (C=N–C) groups is 1. The molecule has 31 heavy (non-hydrogen) atoms. The third-order valence-corrected chi connectivity index (χ3v) is 4.48. The van der Waals surface area contributed by atoms with E-state index in [1.807, 2.05) is 49.4 Å². The van der Waals surface area contributed by atoms with E-state index in [1.165, 1.54) is 0 Å². The first-order chi connectivity index (χ1) is 14.7. The standard InChI is InChI=1S/C23H33N3O4.HI/c1-5-30-14-6-13-24-23(25-16-18-7-10-20(27-2)11-8-18)26-17-19-9-12-21(28-3)15-22(19)29-4;/h7-12,15H,5-6,13-14,16-17H2,1-4H3,(H2,24,25,26);1H. The molecule has 0 unspecified atom stereocenters. The van der Waals surface area contributed by atoms with Crippen molar-refractivity contribution in [2.24, 2.45) is 4.99 Å². The van der Waals surface area contributed by atoms with Gasteiger partial charge in [-0.2, -0.15) is 0 Å². The minimum Gasteiger partial charge on any atom is -0.497 e. The molecular weight excluding hydrogens is 509 g/mol. The molecule has 7 nitrogen and oxygen atoms in total. The highest BCUT2D eigenvalue weighted by Gasteiger charge is 2.07. The van der Waals surface area contributed by atoms with Gasteiger partial charge < -0.3 is 29.6 Å². The Hall–Kier alpha value is -2.20. The maximum absolute atomic E-state index is 5.49. The maximum atomic E-state index is 5.49. The second kappa shape index (κ2) is 15.6. The minimum atomic E-state index is 0. The summed E-state index contributed by atoms with van der Waals surface area (Å²) in [4.78, 5) is 4.72. The van der Waals surface area contributed by atoms with Crippen LogP contribution in [0.1, 0.15) is 24.5 Å². The Kier molecular flexibility index (Phi) is 13.5. The van der Waals surface area contributed by atoms with Gasteiger partial charge >= 0.3 is 0 Å². The van der Waals surface area contributed by atoms with Crippen molar-refractivity contribution in [2.45, 2.75) is 26.4 Å². The quantitative estimate of drug-likeness (QED) is 0.183. The van der Waals surface area contributed by atoms with Crippen LogP contribution in [-0.4, -0.2) is 47.0 Å². The average Bonchev–Trinajstić information content (AvgIpc) is 2.80. The minimum absolute atomic E-state index is 0. The smallest absolute Gasteiger partial charge is 0.191 e. The van der Waals surface area contributed by atoms with Gasteiger partial charge in [0.25, 0.3) is 0 Å². The fourth-order valence-electron chi connectivity index (χ4n) is 2.78. The van der Waals surface area contributed by atoms with Crippen LogP contribution in [0.5, 0.6) is 17.2 Å². The van der Waals surface area contributed by atoms with Crippen molar-refractivity contribution in [1.82, 2.24) is 10.6 Å². The molecule has 0 aliphatic carbocycles. The van der Waals surface area contributed by atoms with Crippen molar-refractivity contribution >= 4 is 29.9 Å². The lowest BCUT2D eigenvalue weighted by atomic mass is 10.2. The van der Waals surface area contributed by atoms with Crippen LogP contribution in [-0.2, 0) is 17.8 Å². The molecule has 0 aromatic heterocycles. The summed E-state index contributed by atoms with van der Waals surface area (Å²) < 4.78 is 21.4. The highest BCUT2D eigenvalue weighted by molar-refractivity contribution is 14.0. The van der Waals surface area contributed by atoms with Crippen LogP contribution in [0.25, 0.3) is 0 Å². The molecule has 2 rings (SSSR count). The summed E-state index contributed by atoms with van der Waals surface area (Å²) in [5.74, 6) is 3.10. The monoisotopic (exact) mass is 543 g/mol. The van der Waals surface area contributed by atoms with Crippen LogP contribution in [0.3, 0.4) is 0 Å². The van der Waals surface area contributed by atoms with Crippen LogP contribution >= 0.6 is 24.0 Å². The molecular formula is C23H34IN3O4. The Morgan fingerprint density at radius 2 is 1.61 bits per heavy atom. The number of benzene rings is 2. The van der Waals surface area contributed by atoms with Crippen molar-refractivity contribution < 1.29 is 18.9 Å². The zero-order valence-electron chi connectivity index (χ0n) is 18.8. The molecule has 172 valence electrons. The summed E-state index contributed by atoms with van der Waals surface area (Å²) in [6.45, 7) is 5.36. The van der Waals surface area contributed by atoms with E-state index in [0.29, 0.717) is 13.1 Å². The highest BCUT2D eigenvalue weighted by Crippen LogP contribution is 2.24. The summed E-state index contributed by atoms with van der Waals surface area (Å²) in [6.07, 6.45) is 0.906. The lowest BCUT2D eigenvalue weighted by Gasteiger charge is -2.15. The van der Waals surface area contributed by atoms with Crippen molar-refractivity contribution in [2.75, 3.05) is 41.1 Å². The molecule has 0 saturated carbocycles. The summed E-state index contributed by atoms with van der Waals surface area (Å²) in [6, 6.07) is 13.7. The number of methoxy groups -OCH3 is 3. The zero-order chi connectivity index (χ0) is 21.6. The third kappa shape index (κ3) is 9.65. The number of hydrogen-bond acceptors (Lipinski definition) is 5. The van der Waals surface area contributed by atoms with E-state index in [9.17, 15) is 0 Å². The number of hydrogen-bond donors (Lipinski definition) is 2. The molecule has 2 N–H and O–H groups in total. The molecule has 2 aromatic carbocycles. The van der Waals surface area contributed by atoms with Crippen LogP contribution in [0.4, 0.5) is 0 Å². The van der Waals surface area contributed by atoms with Gasteiger partial charge in [0.15, 0.2) is 5.96 Å². The predicted octanol–water partition coefficient (Wildman–Crippen LogP) is 3.99. The van der Waals surface area contributed by atoms with Gasteiger partial charge in [-0.05, 0) is 43.2 Å². The number of guanidine groups is 1. The molecule has 0 saturated heterocycles. The molecule has 0 spiro atoms. The number of ether oxygens (including phenoxy) is 4. The van der Waals surface area contributed by atoms with Crippen LogP contribution in [0.15, 0.2) is 47.5 Å². The first-order valence-electron chi connectivity index (χ1n) is 10.1. The Morgan fingerprint density at radius 3 is 2.26 bits per heavy atom. The zero-order valence-corrected chi connectivity index (χ0v) is 21.1. The van der Waals surface area contributed by atoms with Crippen LogP contribution < -0.4 is 24.8 Å². The van der Waals surface area contributed by atoms with Gasteiger partial charge in [-0.3, -0.25) is 0 Å². The molecule has 0 bridgehead atoms. The average molecular weight is 543 g/mol. The highest BCUT2D eigenvalue weighted by atomic mass is 127. The second-order valence-corrected chi connectivity index (χ2v) is 6.52. The van der Waals surface area contributed by atoms with Crippen molar-refractivity contribution in [3.05, 3.63) is 53.6 Å². The predicted molar refractivity (Wildman–Crippen MR) is 135 cm³/mol. The number of nitrogens with one attached hydrogen (secondary N) is 2. The maximum Gasteiger partial charge on any atom is 0.191 e. The Labute approximate surface area is 202 Å². The SMILES string of the molecule is CCOCCCNC(=NCc1ccc(OC)cc1)NCc1ccc(OC)cc1OC.I. The molecule has 0 heterocycles. The normalized spacial score (nSPS) is 10.8. The van der Waals surface area contributed by atoms with E-state index < -0.39 is 0 Å². The van der Waals surface area contributed by atoms with Gasteiger partial charge in [-0.15, -0.1) is 24.0 Å². The fourth-order valence-corrected chi connectivity index (χ4v) is 2.78. The summed E-state index contributed by atoms with van der Waals surface area (Å²) in [5.41, 5.74) is 2.12. The Morgan fingerprint density at radius 1 is 0.903 bits per heavy atom. The molecule has 0 aliphatic rings. The van der Waals surface area contributed by atoms with E-state index in [4.69, 9.17) is 23.9 Å². The third-order valence-electron chi connectivity index (χ3n) is 4.48. The van der Waals surface area contributed by atoms with Gasteiger partial charge in [-0.25, -0.2) is 4.99 Å². The topological polar surface area (TPSA) is 73.3 Å². The van der Waals surface area contributed by atoms with E-state index in [2.05, 4.69) is 10.6 Å².